The molecule has 0 bridgehead atoms. The molecule has 0 aliphatic heterocycles. The number of carboxylic acid groups (broad SMARTS) is 1. The van der Waals surface area contributed by atoms with Gasteiger partial charge >= 0.3 is 5.97 Å². The van der Waals surface area contributed by atoms with Crippen LogP contribution in [0.25, 0.3) is 0 Å². The van der Waals surface area contributed by atoms with Gasteiger partial charge in [0, 0.05) is 5.88 Å². The first-order chi connectivity index (χ1) is 5.65. The molecule has 0 aliphatic rings. The molecule has 3 nitrogen and oxygen atoms in total. The molecule has 2 N–H and O–H groups in total. The minimum atomic E-state index is -1.15. The molecule has 1 aromatic carbocycles. The number of carboxylic acids is 1. The van der Waals surface area contributed by atoms with E-state index in [-0.39, 0.29) is 17.2 Å². The predicted octanol–water partition coefficient (Wildman–Crippen LogP) is 1.83. The van der Waals surface area contributed by atoms with Crippen LogP contribution in [0, 0.1) is 0 Å². The van der Waals surface area contributed by atoms with E-state index in [2.05, 4.69) is 0 Å². The molecular formula is C8H7ClO3. The molecule has 0 atom stereocenters. The Morgan fingerprint density at radius 2 is 2.17 bits per heavy atom. The van der Waals surface area contributed by atoms with Crippen molar-refractivity contribution in [3.63, 3.8) is 0 Å². The maximum absolute atomic E-state index is 10.5. The standard InChI is InChI=1S/C8H7ClO3/c9-4-5-1-2-7(10)6(3-5)8(11)12/h1-3,10H,4H2,(H,11,12). The number of aromatic hydroxyl groups is 1. The molecule has 0 saturated carbocycles. The normalized spacial score (nSPS) is 9.75. The molecule has 0 spiro atoms. The molecule has 0 fully saturated rings. The topological polar surface area (TPSA) is 57.5 Å². The highest BCUT2D eigenvalue weighted by molar-refractivity contribution is 6.17. The van der Waals surface area contributed by atoms with E-state index in [1.54, 1.807) is 6.07 Å². The lowest BCUT2D eigenvalue weighted by molar-refractivity contribution is 0.0693. The van der Waals surface area contributed by atoms with E-state index in [0.717, 1.165) is 0 Å². The number of phenols is 1. The monoisotopic (exact) mass is 186 g/mol. The first-order valence-corrected chi connectivity index (χ1v) is 3.79. The molecule has 1 rings (SSSR count). The quantitative estimate of drug-likeness (QED) is 0.693. The maximum atomic E-state index is 10.5. The van der Waals surface area contributed by atoms with Crippen LogP contribution in [0.15, 0.2) is 18.2 Å². The largest absolute Gasteiger partial charge is 0.507 e. The van der Waals surface area contributed by atoms with Gasteiger partial charge in [-0.05, 0) is 17.7 Å². The van der Waals surface area contributed by atoms with E-state index in [1.165, 1.54) is 12.1 Å². The Hall–Kier alpha value is -1.22. The van der Waals surface area contributed by atoms with E-state index in [4.69, 9.17) is 21.8 Å². The van der Waals surface area contributed by atoms with Crippen LogP contribution in [0.2, 0.25) is 0 Å². The van der Waals surface area contributed by atoms with Gasteiger partial charge in [0.15, 0.2) is 0 Å². The summed E-state index contributed by atoms with van der Waals surface area (Å²) < 4.78 is 0. The Bertz CT molecular complexity index is 309. The molecule has 64 valence electrons. The third-order valence-corrected chi connectivity index (χ3v) is 1.75. The van der Waals surface area contributed by atoms with Gasteiger partial charge in [0.2, 0.25) is 0 Å². The summed E-state index contributed by atoms with van der Waals surface area (Å²) in [6, 6.07) is 4.25. The lowest BCUT2D eigenvalue weighted by Gasteiger charge is -2.00. The highest BCUT2D eigenvalue weighted by Gasteiger charge is 2.08. The SMILES string of the molecule is O=C(O)c1cc(CCl)ccc1O. The van der Waals surface area contributed by atoms with Crippen LogP contribution >= 0.6 is 11.6 Å². The fourth-order valence-corrected chi connectivity index (χ4v) is 1.00. The van der Waals surface area contributed by atoms with Crippen molar-refractivity contribution in [1.29, 1.82) is 0 Å². The zero-order chi connectivity index (χ0) is 9.14. The number of hydrogen-bond donors (Lipinski definition) is 2. The van der Waals surface area contributed by atoms with E-state index >= 15 is 0 Å². The molecule has 0 aliphatic carbocycles. The van der Waals surface area contributed by atoms with Crippen molar-refractivity contribution in [1.82, 2.24) is 0 Å². The van der Waals surface area contributed by atoms with Gasteiger partial charge in [-0.25, -0.2) is 4.79 Å². The number of benzene rings is 1. The van der Waals surface area contributed by atoms with Gasteiger partial charge in [-0.15, -0.1) is 11.6 Å². The zero-order valence-corrected chi connectivity index (χ0v) is 6.88. The van der Waals surface area contributed by atoms with Crippen LogP contribution in [-0.4, -0.2) is 16.2 Å². The van der Waals surface area contributed by atoms with E-state index in [9.17, 15) is 4.79 Å². The highest BCUT2D eigenvalue weighted by Crippen LogP contribution is 2.19. The summed E-state index contributed by atoms with van der Waals surface area (Å²) in [5.41, 5.74) is 0.556. The van der Waals surface area contributed by atoms with Crippen LogP contribution < -0.4 is 0 Å². The minimum absolute atomic E-state index is 0.117. The molecule has 12 heavy (non-hydrogen) atoms. The Labute approximate surface area is 74.2 Å². The average molecular weight is 187 g/mol. The summed E-state index contributed by atoms with van der Waals surface area (Å²) in [5.74, 6) is -1.16. The van der Waals surface area contributed by atoms with Gasteiger partial charge in [0.1, 0.15) is 11.3 Å². The van der Waals surface area contributed by atoms with Crippen LogP contribution in [0.1, 0.15) is 15.9 Å². The number of alkyl halides is 1. The Balaban J connectivity index is 3.17. The summed E-state index contributed by atoms with van der Waals surface area (Å²) >= 11 is 5.48. The van der Waals surface area contributed by atoms with Crippen molar-refractivity contribution in [3.8, 4) is 5.75 Å². The summed E-state index contributed by atoms with van der Waals surface area (Å²) in [4.78, 5) is 10.5. The van der Waals surface area contributed by atoms with E-state index < -0.39 is 5.97 Å². The van der Waals surface area contributed by atoms with Gasteiger partial charge in [-0.3, -0.25) is 0 Å². The van der Waals surface area contributed by atoms with Crippen molar-refractivity contribution in [2.24, 2.45) is 0 Å². The molecule has 0 saturated heterocycles. The Morgan fingerprint density at radius 1 is 1.50 bits per heavy atom. The molecule has 0 heterocycles. The first-order valence-electron chi connectivity index (χ1n) is 3.26. The number of rotatable bonds is 2. The van der Waals surface area contributed by atoms with Crippen LogP contribution in [-0.2, 0) is 5.88 Å². The number of hydrogen-bond acceptors (Lipinski definition) is 2. The molecule has 0 unspecified atom stereocenters. The number of aromatic carboxylic acids is 1. The van der Waals surface area contributed by atoms with E-state index in [1.807, 2.05) is 0 Å². The Morgan fingerprint density at radius 3 is 2.67 bits per heavy atom. The third-order valence-electron chi connectivity index (χ3n) is 1.45. The number of halogens is 1. The smallest absolute Gasteiger partial charge is 0.339 e. The Kier molecular flexibility index (Phi) is 2.55. The fourth-order valence-electron chi connectivity index (χ4n) is 0.838. The maximum Gasteiger partial charge on any atom is 0.339 e. The van der Waals surface area contributed by atoms with Crippen LogP contribution in [0.4, 0.5) is 0 Å². The van der Waals surface area contributed by atoms with Gasteiger partial charge < -0.3 is 10.2 Å². The van der Waals surface area contributed by atoms with Crippen molar-refractivity contribution in [2.45, 2.75) is 5.88 Å². The van der Waals surface area contributed by atoms with Gasteiger partial charge in [0.25, 0.3) is 0 Å². The van der Waals surface area contributed by atoms with Crippen LogP contribution in [0.5, 0.6) is 5.75 Å². The molecule has 0 amide bonds. The second-order valence-corrected chi connectivity index (χ2v) is 2.56. The number of carbonyl (C=O) groups is 1. The van der Waals surface area contributed by atoms with Gasteiger partial charge in [-0.1, -0.05) is 6.07 Å². The first kappa shape index (κ1) is 8.87. The lowest BCUT2D eigenvalue weighted by Crippen LogP contribution is -1.97. The summed E-state index contributed by atoms with van der Waals surface area (Å²) in [5, 5.41) is 17.7. The zero-order valence-electron chi connectivity index (χ0n) is 6.12. The minimum Gasteiger partial charge on any atom is -0.507 e. The third kappa shape index (κ3) is 1.68. The van der Waals surface area contributed by atoms with Crippen LogP contribution in [0.3, 0.4) is 0 Å². The second kappa shape index (κ2) is 3.45. The highest BCUT2D eigenvalue weighted by atomic mass is 35.5. The van der Waals surface area contributed by atoms with Crippen molar-refractivity contribution < 1.29 is 15.0 Å². The summed E-state index contributed by atoms with van der Waals surface area (Å²) in [6.07, 6.45) is 0. The van der Waals surface area contributed by atoms with Gasteiger partial charge in [-0.2, -0.15) is 0 Å². The predicted molar refractivity (Wildman–Crippen MR) is 44.6 cm³/mol. The fraction of sp³-hybridized carbons (Fsp3) is 0.125. The van der Waals surface area contributed by atoms with Gasteiger partial charge in [0.05, 0.1) is 0 Å². The second-order valence-electron chi connectivity index (χ2n) is 2.29. The van der Waals surface area contributed by atoms with Crippen molar-refractivity contribution in [3.05, 3.63) is 29.3 Å². The van der Waals surface area contributed by atoms with E-state index in [0.29, 0.717) is 5.56 Å². The summed E-state index contributed by atoms with van der Waals surface area (Å²) in [7, 11) is 0. The van der Waals surface area contributed by atoms with Crippen molar-refractivity contribution >= 4 is 17.6 Å². The average Bonchev–Trinajstić information content (AvgIpc) is 2.05. The molecule has 0 aromatic heterocycles. The molecule has 0 radical (unpaired) electrons. The lowest BCUT2D eigenvalue weighted by atomic mass is 10.1. The van der Waals surface area contributed by atoms with Crippen molar-refractivity contribution in [2.75, 3.05) is 0 Å². The molecule has 1 aromatic rings. The molecular weight excluding hydrogens is 180 g/mol. The molecule has 4 heteroatoms. The summed E-state index contributed by atoms with van der Waals surface area (Å²) in [6.45, 7) is 0.